The van der Waals surface area contributed by atoms with Crippen LogP contribution < -0.4 is 118 Å². The summed E-state index contributed by atoms with van der Waals surface area (Å²) in [6, 6.07) is 0. The fraction of sp³-hybridized carbons (Fsp3) is 0.925. The molecule has 66 heavy (non-hydrogen) atoms. The average Bonchev–Trinajstić information content (AvgIpc) is 3.12. The third-order valence-electron chi connectivity index (χ3n) is 10.7. The number of esters is 1. The second-order valence-electron chi connectivity index (χ2n) is 16.6. The van der Waals surface area contributed by atoms with Gasteiger partial charge in [-0.1, -0.05) is 141 Å². The van der Waals surface area contributed by atoms with Gasteiger partial charge < -0.3 is 4.74 Å². The Balaban J connectivity index is -0.00000480. The van der Waals surface area contributed by atoms with Crippen molar-refractivity contribution in [3.8, 4) is 0 Å². The quantitative estimate of drug-likeness (QED) is 0.0532. The van der Waals surface area contributed by atoms with Gasteiger partial charge in [-0.2, -0.15) is 33.7 Å². The minimum atomic E-state index is -4.82. The van der Waals surface area contributed by atoms with Crippen LogP contribution in [-0.2, 0) is 67.9 Å². The Kier molecular flexibility index (Phi) is 50.2. The van der Waals surface area contributed by atoms with Crippen molar-refractivity contribution in [1.29, 1.82) is 0 Å². The van der Waals surface area contributed by atoms with Gasteiger partial charge in [0.25, 0.3) is 0 Å². The summed E-state index contributed by atoms with van der Waals surface area (Å²) < 4.78 is 154. The normalized spacial score (nSPS) is 22.8. The summed E-state index contributed by atoms with van der Waals surface area (Å²) in [5.41, 5.74) is 0. The van der Waals surface area contributed by atoms with Crippen molar-refractivity contribution in [3.63, 3.8) is 0 Å². The van der Waals surface area contributed by atoms with E-state index in [1.807, 2.05) is 0 Å². The van der Waals surface area contributed by atoms with Gasteiger partial charge in [0, 0.05) is 18.9 Å². The maximum absolute atomic E-state index is 12.9. The number of rotatable bonds is 16. The Morgan fingerprint density at radius 1 is 0.515 bits per heavy atom. The molecule has 0 aromatic carbocycles. The first-order valence-electron chi connectivity index (χ1n) is 22.6. The zero-order valence-corrected chi connectivity index (χ0v) is 51.9. The van der Waals surface area contributed by atoms with Gasteiger partial charge in [0.1, 0.15) is 6.10 Å². The maximum atomic E-state index is 12.9. The van der Waals surface area contributed by atoms with Crippen LogP contribution in [0.5, 0.6) is 0 Å². The molecule has 1 aliphatic rings. The van der Waals surface area contributed by atoms with Crippen LogP contribution in [0.1, 0.15) is 206 Å². The van der Waals surface area contributed by atoms with Crippen molar-refractivity contribution >= 4 is 47.6 Å². The summed E-state index contributed by atoms with van der Waals surface area (Å²) in [4.78, 5) is 12.9. The average molecular weight is 1070 g/mol. The van der Waals surface area contributed by atoms with E-state index in [0.29, 0.717) is 57.8 Å². The van der Waals surface area contributed by atoms with Crippen molar-refractivity contribution in [1.82, 2.24) is 0 Å². The van der Waals surface area contributed by atoms with Crippen molar-refractivity contribution in [2.45, 2.75) is 236 Å². The van der Waals surface area contributed by atoms with Gasteiger partial charge in [-0.3, -0.25) is 18.2 Å². The number of unbranched alkanes of at least 4 members (excludes halogenated alkanes) is 4. The fourth-order valence-electron chi connectivity index (χ4n) is 7.77. The fourth-order valence-corrected chi connectivity index (χ4v) is 9.84. The number of carbonyl (C=O) groups excluding carboxylic acids is 1. The van der Waals surface area contributed by atoms with E-state index in [9.17, 15) is 52.1 Å². The third-order valence-corrected chi connectivity index (χ3v) is 12.9. The summed E-state index contributed by atoms with van der Waals surface area (Å²) in [6.45, 7) is 1.56. The summed E-state index contributed by atoms with van der Waals surface area (Å²) >= 11 is 0. The first-order valence-corrected chi connectivity index (χ1v) is 28.1. The summed E-state index contributed by atoms with van der Waals surface area (Å²) in [7, 11) is -18.9. The smallest absolute Gasteiger partial charge is 0.459 e. The third kappa shape index (κ3) is 51.6. The maximum Gasteiger partial charge on any atom is 1.00 e. The molecule has 0 aromatic rings. The van der Waals surface area contributed by atoms with Crippen LogP contribution in [0, 0.1) is 0 Å². The Labute approximate surface area is 486 Å². The molecule has 5 atom stereocenters. The van der Waals surface area contributed by atoms with Crippen LogP contribution in [0.3, 0.4) is 0 Å². The summed E-state index contributed by atoms with van der Waals surface area (Å²) in [6.07, 6.45) is 20.1. The first-order chi connectivity index (χ1) is 29.1. The van der Waals surface area contributed by atoms with Crippen LogP contribution in [0.25, 0.3) is 0 Å². The van der Waals surface area contributed by atoms with Crippen molar-refractivity contribution in [2.75, 3.05) is 0 Å². The van der Waals surface area contributed by atoms with Crippen molar-refractivity contribution in [2.24, 2.45) is 0 Å². The van der Waals surface area contributed by atoms with Crippen LogP contribution in [-0.4, -0.2) is 88.4 Å². The van der Waals surface area contributed by atoms with E-state index in [1.165, 1.54) is 6.08 Å². The molecule has 1 rings (SSSR count). The number of allylic oxidation sites excluding steroid dienone is 1. The minimum absolute atomic E-state index is 0. The van der Waals surface area contributed by atoms with Crippen LogP contribution >= 0.6 is 0 Å². The van der Waals surface area contributed by atoms with Gasteiger partial charge in [0.2, 0.25) is 0 Å². The molecule has 26 heteroatoms. The second kappa shape index (κ2) is 44.0. The molecule has 368 valence electrons. The Bertz CT molecular complexity index is 1670. The van der Waals surface area contributed by atoms with Gasteiger partial charge in [-0.15, -0.1) is 0 Å². The molecular weight excluding hydrogens is 989 g/mol. The van der Waals surface area contributed by atoms with E-state index < -0.39 is 78.1 Å². The van der Waals surface area contributed by atoms with Crippen LogP contribution in [0.2, 0.25) is 0 Å². The van der Waals surface area contributed by atoms with Crippen molar-refractivity contribution < 1.29 is 196 Å². The molecule has 0 amide bonds. The molecule has 4 N–H and O–H groups in total. The zero-order chi connectivity index (χ0) is 46.3. The monoisotopic (exact) mass is 1060 g/mol. The molecule has 0 saturated heterocycles. The molecule has 0 fully saturated rings. The minimum Gasteiger partial charge on any atom is -0.459 e. The van der Waals surface area contributed by atoms with Gasteiger partial charge in [-0.25, -0.2) is 21.5 Å². The van der Waals surface area contributed by atoms with E-state index in [2.05, 4.69) is 4.18 Å². The van der Waals surface area contributed by atoms with E-state index in [1.54, 1.807) is 13.0 Å². The molecule has 0 radical (unpaired) electrons. The predicted molar refractivity (Wildman–Crippen MR) is 234 cm³/mol. The second-order valence-corrected chi connectivity index (χ2v) is 20.8. The SMILES string of the molecule is CC(CCCCCCCC1CC(OS(=O)(=O)O)CCCCCCCCCCCC(OS(=O)(=O)O)CC(OS(=O)(=O)O)CCCCCCCCCCCC=CC(=O)O1)OS(=O)(=O)O.[Na+].[Na+].[Na+].[Na+]. The molecule has 1 heterocycles. The number of cyclic esters (lactones) is 1. The van der Waals surface area contributed by atoms with E-state index in [0.717, 1.165) is 116 Å². The molecule has 5 unspecified atom stereocenters. The van der Waals surface area contributed by atoms with Gasteiger partial charge in [0.05, 0.1) is 24.4 Å². The molecule has 18 nitrogen and oxygen atoms in total. The van der Waals surface area contributed by atoms with E-state index >= 15 is 0 Å². The van der Waals surface area contributed by atoms with Gasteiger partial charge >= 0.3 is 166 Å². The predicted octanol–water partition coefficient (Wildman–Crippen LogP) is -2.65. The molecule has 0 bridgehead atoms. The number of hydrogen-bond donors (Lipinski definition) is 4. The number of ether oxygens (including phenoxy) is 1. The number of hydrogen-bond acceptors (Lipinski definition) is 14. The van der Waals surface area contributed by atoms with Crippen molar-refractivity contribution in [3.05, 3.63) is 12.2 Å². The molecule has 0 aromatic heterocycles. The molecule has 0 spiro atoms. The first kappa shape index (κ1) is 75.2. The summed E-state index contributed by atoms with van der Waals surface area (Å²) in [5.74, 6) is -0.540. The Morgan fingerprint density at radius 2 is 0.864 bits per heavy atom. The number of carbonyl (C=O) groups is 1. The van der Waals surface area contributed by atoms with E-state index in [4.69, 9.17) is 21.8 Å². The molecule has 0 aliphatic carbocycles. The molecule has 0 saturated carbocycles. The molecular formula is C40H76Na4O18S4+4. The Morgan fingerprint density at radius 3 is 1.26 bits per heavy atom. The van der Waals surface area contributed by atoms with Gasteiger partial charge in [-0.05, 0) is 58.3 Å². The van der Waals surface area contributed by atoms with Gasteiger partial charge in [0.15, 0.2) is 0 Å². The van der Waals surface area contributed by atoms with E-state index in [-0.39, 0.29) is 144 Å². The molecule has 1 aliphatic heterocycles. The topological polar surface area (TPSA) is 281 Å². The summed E-state index contributed by atoms with van der Waals surface area (Å²) in [5, 5.41) is 0. The standard InChI is InChI=1S/C40H76O18S4.4Na/c1-35(55-59(42,43)44)27-21-15-14-19-22-28-36-33-37(56-60(45,46)47)29-23-16-11-7-5-8-12-18-25-31-39(58-62(51,52)53)34-38(57-61(48,49)50)30-24-17-10-6-3-2-4-9-13-20-26-32-40(41)54-36;;;;/h26,32,35-39H,2-25,27-31,33-34H2,1H3,(H,42,43,44)(H,45,46,47)(H,48,49,50)(H,51,52,53);;;;/q;4*+1. The van der Waals surface area contributed by atoms with Crippen LogP contribution in [0.15, 0.2) is 12.2 Å². The zero-order valence-electron chi connectivity index (χ0n) is 40.6. The Hall–Kier alpha value is 2.69. The largest absolute Gasteiger partial charge is 1.00 e. The van der Waals surface area contributed by atoms with Crippen LogP contribution in [0.4, 0.5) is 0 Å².